The molecule has 0 amide bonds. The number of carbonyl (C=O) groups is 1. The van der Waals surface area contributed by atoms with Gasteiger partial charge in [-0.3, -0.25) is 4.79 Å². The molecule has 0 aromatic heterocycles. The molecule has 32 heavy (non-hydrogen) atoms. The second kappa shape index (κ2) is 9.10. The normalized spacial score (nSPS) is 23.1. The van der Waals surface area contributed by atoms with E-state index in [1.54, 1.807) is 24.3 Å². The zero-order chi connectivity index (χ0) is 22.9. The molecule has 4 rings (SSSR count). The molecule has 1 aliphatic heterocycles. The Morgan fingerprint density at radius 2 is 1.94 bits per heavy atom. The molecular formula is C24H26FN3O3S. The molecule has 4 atom stereocenters. The second-order valence-electron chi connectivity index (χ2n) is 8.65. The number of nitriles is 1. The van der Waals surface area contributed by atoms with Gasteiger partial charge in [-0.25, -0.2) is 17.5 Å². The van der Waals surface area contributed by atoms with E-state index in [4.69, 9.17) is 0 Å². The van der Waals surface area contributed by atoms with Gasteiger partial charge in [-0.05, 0) is 73.5 Å². The van der Waals surface area contributed by atoms with Crippen molar-refractivity contribution in [1.29, 1.82) is 5.26 Å². The third-order valence-electron chi connectivity index (χ3n) is 6.62. The highest BCUT2D eigenvalue weighted by Crippen LogP contribution is 2.36. The van der Waals surface area contributed by atoms with E-state index in [1.807, 2.05) is 0 Å². The highest BCUT2D eigenvalue weighted by atomic mass is 32.2. The smallest absolute Gasteiger partial charge is 0.240 e. The van der Waals surface area contributed by atoms with Crippen LogP contribution in [0.5, 0.6) is 0 Å². The third kappa shape index (κ3) is 4.60. The minimum Gasteiger partial charge on any atom is -0.304 e. The van der Waals surface area contributed by atoms with E-state index in [0.717, 1.165) is 19.3 Å². The number of sulfonamides is 1. The number of Topliss-reactive ketones (excluding diaryl/α,β-unsaturated/α-hetero) is 1. The number of hydrogen-bond acceptors (Lipinski definition) is 5. The monoisotopic (exact) mass is 455 g/mol. The fraction of sp³-hybridized carbons (Fsp3) is 0.417. The van der Waals surface area contributed by atoms with Gasteiger partial charge in [-0.2, -0.15) is 5.26 Å². The van der Waals surface area contributed by atoms with Gasteiger partial charge in [0.25, 0.3) is 0 Å². The molecule has 2 aromatic carbocycles. The van der Waals surface area contributed by atoms with Gasteiger partial charge in [0.05, 0.1) is 22.9 Å². The molecule has 8 heteroatoms. The topological polar surface area (TPSA) is 99.1 Å². The van der Waals surface area contributed by atoms with Crippen LogP contribution < -0.4 is 10.0 Å². The lowest BCUT2D eigenvalue weighted by Crippen LogP contribution is -2.42. The number of piperidine rings is 1. The van der Waals surface area contributed by atoms with Crippen LogP contribution in [0.15, 0.2) is 47.4 Å². The van der Waals surface area contributed by atoms with Crippen LogP contribution in [-0.2, 0) is 21.2 Å². The number of rotatable bonds is 8. The largest absolute Gasteiger partial charge is 0.304 e. The lowest BCUT2D eigenvalue weighted by Gasteiger charge is -2.22. The SMILES string of the molecule is CNS(=O)(=O)c1ccc(-c2ccc(CC(C#N)CC(=O)[C@H]3N[C@@H]4CC[C@H]3C4)c(F)c2)cc1. The van der Waals surface area contributed by atoms with Crippen molar-refractivity contribution in [2.24, 2.45) is 11.8 Å². The Morgan fingerprint density at radius 1 is 1.22 bits per heavy atom. The fourth-order valence-corrected chi connectivity index (χ4v) is 5.58. The summed E-state index contributed by atoms with van der Waals surface area (Å²) in [5.41, 5.74) is 1.68. The standard InChI is InChI=1S/C24H26FN3O3S/c1-27-32(30,31)21-8-5-16(6-9-21)17-2-3-18(22(25)13-17)10-15(14-26)11-23(29)24-19-4-7-20(12-19)28-24/h2-3,5-6,8-9,13,15,19-20,24,27-28H,4,7,10-12H2,1H3/t15?,19-,20+,24-/m0/s1. The Morgan fingerprint density at radius 3 is 2.50 bits per heavy atom. The molecule has 2 N–H and O–H groups in total. The van der Waals surface area contributed by atoms with Gasteiger partial charge in [-0.1, -0.05) is 24.3 Å². The molecule has 1 saturated carbocycles. The van der Waals surface area contributed by atoms with Crippen LogP contribution in [0.2, 0.25) is 0 Å². The predicted octanol–water partition coefficient (Wildman–Crippen LogP) is 3.18. The number of carbonyl (C=O) groups excluding carboxylic acids is 1. The minimum absolute atomic E-state index is 0.0531. The van der Waals surface area contributed by atoms with Crippen molar-refractivity contribution in [3.05, 3.63) is 53.8 Å². The van der Waals surface area contributed by atoms with Crippen molar-refractivity contribution < 1.29 is 17.6 Å². The quantitative estimate of drug-likeness (QED) is 0.637. The van der Waals surface area contributed by atoms with Crippen molar-refractivity contribution in [2.75, 3.05) is 7.05 Å². The summed E-state index contributed by atoms with van der Waals surface area (Å²) in [6.07, 6.45) is 3.51. The van der Waals surface area contributed by atoms with Gasteiger partial charge in [0.15, 0.2) is 5.78 Å². The number of benzene rings is 2. The highest BCUT2D eigenvalue weighted by Gasteiger charge is 2.42. The van der Waals surface area contributed by atoms with Gasteiger partial charge in [0.2, 0.25) is 10.0 Å². The zero-order valence-corrected chi connectivity index (χ0v) is 18.7. The summed E-state index contributed by atoms with van der Waals surface area (Å²) in [6.45, 7) is 0. The summed E-state index contributed by atoms with van der Waals surface area (Å²) in [7, 11) is -2.19. The molecule has 2 fully saturated rings. The molecule has 6 nitrogen and oxygen atoms in total. The summed E-state index contributed by atoms with van der Waals surface area (Å²) in [5, 5.41) is 12.9. The lowest BCUT2D eigenvalue weighted by molar-refractivity contribution is -0.122. The van der Waals surface area contributed by atoms with Gasteiger partial charge in [0, 0.05) is 12.5 Å². The first-order valence-corrected chi connectivity index (χ1v) is 12.3. The van der Waals surface area contributed by atoms with Gasteiger partial charge in [-0.15, -0.1) is 0 Å². The fourth-order valence-electron chi connectivity index (χ4n) is 4.85. The number of fused-ring (bicyclic) bond motifs is 2. The average Bonchev–Trinajstić information content (AvgIpc) is 3.44. The minimum atomic E-state index is -3.53. The van der Waals surface area contributed by atoms with E-state index in [0.29, 0.717) is 28.7 Å². The van der Waals surface area contributed by atoms with Crippen LogP contribution in [0.4, 0.5) is 4.39 Å². The van der Waals surface area contributed by atoms with E-state index in [9.17, 15) is 22.9 Å². The number of ketones is 1. The van der Waals surface area contributed by atoms with Crippen LogP contribution in [0.3, 0.4) is 0 Å². The number of hydrogen-bond donors (Lipinski definition) is 2. The number of nitrogens with zero attached hydrogens (tertiary/aromatic N) is 1. The maximum Gasteiger partial charge on any atom is 0.240 e. The van der Waals surface area contributed by atoms with E-state index in [2.05, 4.69) is 16.1 Å². The molecule has 2 aromatic rings. The highest BCUT2D eigenvalue weighted by molar-refractivity contribution is 7.89. The van der Waals surface area contributed by atoms with Crippen LogP contribution in [-0.4, -0.2) is 33.3 Å². The molecule has 2 bridgehead atoms. The van der Waals surface area contributed by atoms with Crippen molar-refractivity contribution in [3.63, 3.8) is 0 Å². The molecule has 1 saturated heterocycles. The van der Waals surface area contributed by atoms with Crippen LogP contribution in [0.1, 0.15) is 31.2 Å². The van der Waals surface area contributed by atoms with Gasteiger partial charge in [0.1, 0.15) is 5.82 Å². The first-order valence-electron chi connectivity index (χ1n) is 10.8. The van der Waals surface area contributed by atoms with Crippen molar-refractivity contribution >= 4 is 15.8 Å². The second-order valence-corrected chi connectivity index (χ2v) is 10.5. The maximum absolute atomic E-state index is 14.8. The Bertz CT molecular complexity index is 1160. The summed E-state index contributed by atoms with van der Waals surface area (Å²) in [5.74, 6) is -0.593. The summed E-state index contributed by atoms with van der Waals surface area (Å²) in [6, 6.07) is 13.4. The Kier molecular flexibility index (Phi) is 6.42. The predicted molar refractivity (Wildman–Crippen MR) is 119 cm³/mol. The van der Waals surface area contributed by atoms with E-state index < -0.39 is 21.8 Å². The first-order chi connectivity index (χ1) is 15.3. The van der Waals surface area contributed by atoms with Crippen molar-refractivity contribution in [3.8, 4) is 17.2 Å². The Labute approximate surface area is 187 Å². The molecule has 2 aliphatic rings. The van der Waals surface area contributed by atoms with Gasteiger partial charge >= 0.3 is 0 Å². The number of halogens is 1. The average molecular weight is 456 g/mol. The molecule has 168 valence electrons. The first kappa shape index (κ1) is 22.6. The molecule has 1 aliphatic carbocycles. The lowest BCUT2D eigenvalue weighted by atomic mass is 9.88. The molecular weight excluding hydrogens is 429 g/mol. The number of nitrogens with one attached hydrogen (secondary N) is 2. The third-order valence-corrected chi connectivity index (χ3v) is 8.05. The molecule has 1 heterocycles. The van der Waals surface area contributed by atoms with E-state index in [-0.39, 0.29) is 29.6 Å². The maximum atomic E-state index is 14.8. The van der Waals surface area contributed by atoms with Gasteiger partial charge < -0.3 is 5.32 Å². The Balaban J connectivity index is 1.43. The Hall–Kier alpha value is -2.60. The van der Waals surface area contributed by atoms with Crippen LogP contribution in [0, 0.1) is 29.0 Å². The molecule has 0 spiro atoms. The zero-order valence-electron chi connectivity index (χ0n) is 17.8. The summed E-state index contributed by atoms with van der Waals surface area (Å²) < 4.78 is 40.8. The van der Waals surface area contributed by atoms with Crippen LogP contribution in [0.25, 0.3) is 11.1 Å². The van der Waals surface area contributed by atoms with E-state index in [1.165, 1.54) is 25.2 Å². The van der Waals surface area contributed by atoms with E-state index >= 15 is 0 Å². The summed E-state index contributed by atoms with van der Waals surface area (Å²) in [4.78, 5) is 12.8. The van der Waals surface area contributed by atoms with Crippen LogP contribution >= 0.6 is 0 Å². The molecule has 0 radical (unpaired) electrons. The van der Waals surface area contributed by atoms with Crippen molar-refractivity contribution in [2.45, 2.75) is 49.1 Å². The molecule has 1 unspecified atom stereocenters. The summed E-state index contributed by atoms with van der Waals surface area (Å²) >= 11 is 0. The van der Waals surface area contributed by atoms with Crippen molar-refractivity contribution in [1.82, 2.24) is 10.0 Å².